The highest BCUT2D eigenvalue weighted by Crippen LogP contribution is 2.53. The van der Waals surface area contributed by atoms with Gasteiger partial charge in [-0.25, -0.2) is 9.59 Å². The molecule has 0 aromatic heterocycles. The topological polar surface area (TPSA) is 346 Å². The molecule has 0 radical (unpaired) electrons. The Morgan fingerprint density at radius 3 is 2.19 bits per heavy atom. The number of carbonyl (C=O) groups excluding carboxylic acids is 3. The number of phenols is 2. The number of benzene rings is 3. The highest BCUT2D eigenvalue weighted by Gasteiger charge is 2.62. The van der Waals surface area contributed by atoms with Crippen LogP contribution < -0.4 is 14.2 Å². The maximum Gasteiger partial charge on any atom is 0.335 e. The number of aliphatic hydroxyl groups is 8. The Hall–Kier alpha value is -5.93. The summed E-state index contributed by atoms with van der Waals surface area (Å²) in [5.74, 6) is -8.85. The first-order valence-corrected chi connectivity index (χ1v) is 21.9. The first-order chi connectivity index (χ1) is 33.4. The number of aliphatic hydroxyl groups excluding tert-OH is 8. The largest absolute Gasteiger partial charge is 0.508 e. The minimum absolute atomic E-state index is 0.0156. The van der Waals surface area contributed by atoms with E-state index in [0.717, 1.165) is 6.08 Å². The zero-order valence-electron chi connectivity index (χ0n) is 37.5. The second kappa shape index (κ2) is 20.4. The minimum atomic E-state index is -2.62. The van der Waals surface area contributed by atoms with Gasteiger partial charge < -0.3 is 98.4 Å². The third kappa shape index (κ3) is 9.50. The smallest absolute Gasteiger partial charge is 0.335 e. The van der Waals surface area contributed by atoms with Gasteiger partial charge in [-0.2, -0.15) is 0 Å². The number of hydrogen-bond donors (Lipinski definition) is 10. The molecule has 8 rings (SSSR count). The van der Waals surface area contributed by atoms with Crippen LogP contribution in [0.25, 0.3) is 12.2 Å². The van der Waals surface area contributed by atoms with E-state index < -0.39 is 141 Å². The minimum Gasteiger partial charge on any atom is -0.508 e. The fraction of sp³-hybridized carbons (Fsp3) is 0.468. The molecule has 3 aromatic rings. The second-order valence-corrected chi connectivity index (χ2v) is 17.1. The molecule has 4 aliphatic heterocycles. The maximum atomic E-state index is 14.6. The van der Waals surface area contributed by atoms with Crippen molar-refractivity contribution in [3.05, 3.63) is 88.5 Å². The molecule has 23 nitrogen and oxygen atoms in total. The van der Waals surface area contributed by atoms with Crippen LogP contribution in [0.4, 0.5) is 0 Å². The van der Waals surface area contributed by atoms with Gasteiger partial charge in [0.25, 0.3) is 0 Å². The number of cyclic esters (lactones) is 1. The third-order valence-electron chi connectivity index (χ3n) is 12.8. The van der Waals surface area contributed by atoms with Gasteiger partial charge in [-0.05, 0) is 66.1 Å². The van der Waals surface area contributed by atoms with Crippen molar-refractivity contribution in [1.29, 1.82) is 0 Å². The summed E-state index contributed by atoms with van der Waals surface area (Å²) >= 11 is 0. The third-order valence-corrected chi connectivity index (χ3v) is 12.8. The van der Waals surface area contributed by atoms with E-state index in [2.05, 4.69) is 0 Å². The van der Waals surface area contributed by atoms with E-state index in [9.17, 15) is 65.4 Å². The van der Waals surface area contributed by atoms with E-state index >= 15 is 0 Å². The molecule has 3 aromatic carbocycles. The molecule has 5 aliphatic rings. The summed E-state index contributed by atoms with van der Waals surface area (Å²) < 4.78 is 56.3. The molecule has 10 N–H and O–H groups in total. The summed E-state index contributed by atoms with van der Waals surface area (Å²) in [6.45, 7) is -1.13. The summed E-state index contributed by atoms with van der Waals surface area (Å²) in [4.78, 5) is 41.3. The zero-order chi connectivity index (χ0) is 50.3. The number of esters is 3. The average molecular weight is 985 g/mol. The standard InChI is InChI=1S/C47H52O23/c1-19-33(51)36(54)38(56)45(65-19)66-24-11-4-20(5-12-24)6-13-29(50)63-16-27-34(52)37(55)39(57)46(67-27)70-47(18-48)42(58)40-28(69-47)17-64-43(59)25-14-22-15-26(61-2)35(53)41(62-3)31(22)30(32(25)44(60)68-40)21-7-9-23(49)10-8-21/h4-15,19,27-28,30,32-34,36-40,42,45-46,48-49,51-58H,16-18H2,1-3H3/b13-6+. The van der Waals surface area contributed by atoms with Crippen molar-refractivity contribution in [2.24, 2.45) is 5.92 Å². The van der Waals surface area contributed by atoms with Gasteiger partial charge in [0.15, 0.2) is 23.9 Å². The van der Waals surface area contributed by atoms with Crippen LogP contribution in [-0.2, 0) is 47.5 Å². The monoisotopic (exact) mass is 984 g/mol. The Balaban J connectivity index is 0.959. The Morgan fingerprint density at radius 1 is 0.829 bits per heavy atom. The first kappa shape index (κ1) is 50.5. The van der Waals surface area contributed by atoms with E-state index in [0.29, 0.717) is 16.7 Å². The fourth-order valence-electron chi connectivity index (χ4n) is 9.01. The molecule has 0 amide bonds. The van der Waals surface area contributed by atoms with E-state index in [1.165, 1.54) is 75.8 Å². The lowest BCUT2D eigenvalue weighted by Crippen LogP contribution is -2.63. The molecule has 16 atom stereocenters. The Bertz CT molecular complexity index is 2460. The summed E-state index contributed by atoms with van der Waals surface area (Å²) in [6, 6.07) is 13.1. The number of ether oxygens (including phenoxy) is 10. The van der Waals surface area contributed by atoms with Crippen molar-refractivity contribution in [3.63, 3.8) is 0 Å². The lowest BCUT2D eigenvalue weighted by molar-refractivity contribution is -0.383. The molecule has 4 fully saturated rings. The Labute approximate surface area is 397 Å². The molecule has 16 unspecified atom stereocenters. The van der Waals surface area contributed by atoms with Crippen molar-refractivity contribution in [2.45, 2.75) is 98.4 Å². The van der Waals surface area contributed by atoms with Gasteiger partial charge in [-0.15, -0.1) is 0 Å². The molecule has 4 saturated heterocycles. The number of methoxy groups -OCH3 is 2. The number of rotatable bonds is 12. The molecular weight excluding hydrogens is 932 g/mol. The highest BCUT2D eigenvalue weighted by molar-refractivity contribution is 6.03. The zero-order valence-corrected chi connectivity index (χ0v) is 37.5. The Morgan fingerprint density at radius 2 is 1.51 bits per heavy atom. The van der Waals surface area contributed by atoms with Crippen molar-refractivity contribution in [2.75, 3.05) is 34.0 Å². The highest BCUT2D eigenvalue weighted by atomic mass is 16.8. The number of fused-ring (bicyclic) bond motifs is 3. The van der Waals surface area contributed by atoms with Crippen LogP contribution in [0.5, 0.6) is 28.7 Å². The summed E-state index contributed by atoms with van der Waals surface area (Å²) in [6.07, 6.45) is -17.7. The average Bonchev–Trinajstić information content (AvgIpc) is 3.63. The van der Waals surface area contributed by atoms with Gasteiger partial charge >= 0.3 is 17.9 Å². The van der Waals surface area contributed by atoms with Crippen molar-refractivity contribution in [1.82, 2.24) is 0 Å². The molecule has 0 saturated carbocycles. The molecule has 23 heteroatoms. The molecule has 70 heavy (non-hydrogen) atoms. The van der Waals surface area contributed by atoms with Crippen LogP contribution >= 0.6 is 0 Å². The predicted octanol–water partition coefficient (Wildman–Crippen LogP) is -1.54. The SMILES string of the molecule is COc1cc2c(c(OC)c1O)C(c1ccc(O)cc1)C1C(=O)OC3C(COC(=O)C1=C2)OC(CO)(OC1OC(COC(=O)/C=C/c2ccc(OC4OC(C)C(O)C(O)C4O)cc2)C(O)C(O)C1O)C3O. The van der Waals surface area contributed by atoms with Crippen LogP contribution in [0.1, 0.15) is 35.1 Å². The van der Waals surface area contributed by atoms with Gasteiger partial charge in [0.05, 0.1) is 25.9 Å². The van der Waals surface area contributed by atoms with E-state index in [1.807, 2.05) is 0 Å². The van der Waals surface area contributed by atoms with E-state index in [-0.39, 0.29) is 34.1 Å². The fourth-order valence-corrected chi connectivity index (χ4v) is 9.01. The van der Waals surface area contributed by atoms with Crippen LogP contribution in [0, 0.1) is 5.92 Å². The lowest BCUT2D eigenvalue weighted by Gasteiger charge is -2.43. The molecule has 0 spiro atoms. The number of hydrogen-bond acceptors (Lipinski definition) is 23. The van der Waals surface area contributed by atoms with Crippen molar-refractivity contribution in [3.8, 4) is 28.7 Å². The van der Waals surface area contributed by atoms with Gasteiger partial charge in [-0.3, -0.25) is 4.79 Å². The van der Waals surface area contributed by atoms with Crippen LogP contribution in [-0.4, -0.2) is 189 Å². The Kier molecular flexibility index (Phi) is 14.7. The second-order valence-electron chi connectivity index (χ2n) is 17.1. The molecule has 378 valence electrons. The van der Waals surface area contributed by atoms with Gasteiger partial charge in [0, 0.05) is 17.6 Å². The number of carbonyl (C=O) groups is 3. The first-order valence-electron chi connectivity index (χ1n) is 21.9. The normalized spacial score (nSPS) is 35.1. The van der Waals surface area contributed by atoms with Gasteiger partial charge in [-0.1, -0.05) is 24.3 Å². The van der Waals surface area contributed by atoms with Gasteiger partial charge in [0.1, 0.15) is 92.2 Å². The van der Waals surface area contributed by atoms with Crippen molar-refractivity contribution < 1.29 is 113 Å². The number of aromatic hydroxyl groups is 2. The quantitative estimate of drug-likeness (QED) is 0.0559. The predicted molar refractivity (Wildman–Crippen MR) is 231 cm³/mol. The van der Waals surface area contributed by atoms with Crippen LogP contribution in [0.3, 0.4) is 0 Å². The van der Waals surface area contributed by atoms with E-state index in [1.54, 1.807) is 12.1 Å². The molecule has 1 aliphatic carbocycles. The molecule has 0 bridgehead atoms. The summed E-state index contributed by atoms with van der Waals surface area (Å²) in [7, 11) is 2.58. The summed E-state index contributed by atoms with van der Waals surface area (Å²) in [5.41, 5.74) is 1.15. The van der Waals surface area contributed by atoms with Crippen molar-refractivity contribution >= 4 is 30.1 Å². The van der Waals surface area contributed by atoms with Crippen LogP contribution in [0.15, 0.2) is 66.2 Å². The maximum absolute atomic E-state index is 14.6. The van der Waals surface area contributed by atoms with E-state index in [4.69, 9.17) is 47.4 Å². The summed E-state index contributed by atoms with van der Waals surface area (Å²) in [5, 5.41) is 107. The molecule has 4 heterocycles. The van der Waals surface area contributed by atoms with Crippen LogP contribution in [0.2, 0.25) is 0 Å². The van der Waals surface area contributed by atoms with Gasteiger partial charge in [0.2, 0.25) is 17.8 Å². The number of phenolic OH excluding ortho intramolecular Hbond substituents is 2. The lowest BCUT2D eigenvalue weighted by atomic mass is 9.71. The molecular formula is C47H52O23.